The molecule has 6 nitrogen and oxygen atoms in total. The maximum absolute atomic E-state index is 14.9. The summed E-state index contributed by atoms with van der Waals surface area (Å²) in [6.07, 6.45) is 6.29. The van der Waals surface area contributed by atoms with E-state index < -0.39 is 11.7 Å². The molecule has 4 aromatic rings. The molecule has 2 heterocycles. The van der Waals surface area contributed by atoms with Crippen LogP contribution in [0.25, 0.3) is 22.3 Å². The summed E-state index contributed by atoms with van der Waals surface area (Å²) in [7, 11) is 1.83. The Balaban J connectivity index is 1.29. The molecule has 1 fully saturated rings. The Bertz CT molecular complexity index is 1320. The van der Waals surface area contributed by atoms with Gasteiger partial charge in [-0.3, -0.25) is 9.48 Å². The monoisotopic (exact) mass is 441 g/mol. The average Bonchev–Trinajstić information content (AvgIpc) is 3.48. The molecule has 1 amide bonds. The predicted molar refractivity (Wildman–Crippen MR) is 126 cm³/mol. The van der Waals surface area contributed by atoms with Crippen molar-refractivity contribution in [3.05, 3.63) is 90.1 Å². The van der Waals surface area contributed by atoms with E-state index in [2.05, 4.69) is 27.5 Å². The van der Waals surface area contributed by atoms with Crippen LogP contribution in [0.2, 0.25) is 0 Å². The summed E-state index contributed by atoms with van der Waals surface area (Å²) < 4.78 is 16.6. The molecule has 0 bridgehead atoms. The van der Waals surface area contributed by atoms with Gasteiger partial charge in [-0.2, -0.15) is 5.10 Å². The molecular formula is C26H24FN5O. The van der Waals surface area contributed by atoms with Crippen molar-refractivity contribution in [1.82, 2.24) is 20.1 Å². The summed E-state index contributed by atoms with van der Waals surface area (Å²) >= 11 is 0. The third kappa shape index (κ3) is 4.35. The van der Waals surface area contributed by atoms with Gasteiger partial charge in [0.2, 0.25) is 0 Å². The van der Waals surface area contributed by atoms with Gasteiger partial charge in [-0.05, 0) is 47.6 Å². The maximum Gasteiger partial charge on any atom is 0.254 e. The molecule has 1 saturated carbocycles. The number of aromatic nitrogens is 3. The van der Waals surface area contributed by atoms with E-state index in [9.17, 15) is 9.18 Å². The molecule has 166 valence electrons. The van der Waals surface area contributed by atoms with Gasteiger partial charge in [0.25, 0.3) is 5.91 Å². The fourth-order valence-electron chi connectivity index (χ4n) is 4.20. The largest absolute Gasteiger partial charge is 0.383 e. The summed E-state index contributed by atoms with van der Waals surface area (Å²) in [4.78, 5) is 16.9. The van der Waals surface area contributed by atoms with Crippen LogP contribution >= 0.6 is 0 Å². The number of amides is 1. The molecule has 0 saturated heterocycles. The van der Waals surface area contributed by atoms with Gasteiger partial charge in [-0.25, -0.2) is 9.37 Å². The normalized spacial score (nSPS) is 17.0. The number of halogens is 1. The molecule has 7 heteroatoms. The highest BCUT2D eigenvalue weighted by atomic mass is 19.1. The zero-order valence-electron chi connectivity index (χ0n) is 18.2. The molecule has 1 aliphatic carbocycles. The van der Waals surface area contributed by atoms with Crippen LogP contribution in [-0.2, 0) is 7.05 Å². The summed E-state index contributed by atoms with van der Waals surface area (Å²) in [5, 5.41) is 7.05. The number of carbonyl (C=O) groups is 1. The van der Waals surface area contributed by atoms with Gasteiger partial charge in [-0.15, -0.1) is 0 Å². The van der Waals surface area contributed by atoms with Crippen LogP contribution in [0.5, 0.6) is 0 Å². The average molecular weight is 442 g/mol. The molecule has 1 aliphatic rings. The van der Waals surface area contributed by atoms with Gasteiger partial charge < -0.3 is 11.1 Å². The zero-order chi connectivity index (χ0) is 22.9. The summed E-state index contributed by atoms with van der Waals surface area (Å²) in [5.41, 5.74) is 10.2. The highest BCUT2D eigenvalue weighted by Gasteiger charge is 2.38. The lowest BCUT2D eigenvalue weighted by atomic mass is 10.0. The first-order valence-electron chi connectivity index (χ1n) is 10.9. The van der Waals surface area contributed by atoms with Crippen molar-refractivity contribution in [2.45, 2.75) is 12.3 Å². The first kappa shape index (κ1) is 20.9. The highest BCUT2D eigenvalue weighted by molar-refractivity contribution is 5.95. The van der Waals surface area contributed by atoms with Crippen LogP contribution in [0, 0.1) is 11.7 Å². The van der Waals surface area contributed by atoms with Crippen LogP contribution in [0.3, 0.4) is 0 Å². The maximum atomic E-state index is 14.9. The number of rotatable bonds is 6. The van der Waals surface area contributed by atoms with Crippen molar-refractivity contribution >= 4 is 11.7 Å². The molecule has 2 atom stereocenters. The third-order valence-corrected chi connectivity index (χ3v) is 6.16. The molecule has 5 rings (SSSR count). The van der Waals surface area contributed by atoms with E-state index in [4.69, 9.17) is 5.73 Å². The van der Waals surface area contributed by atoms with Crippen LogP contribution < -0.4 is 11.1 Å². The molecule has 3 N–H and O–H groups in total. The second kappa shape index (κ2) is 8.50. The SMILES string of the molecule is Cn1cc(-c2cnc(N)c(-c3ccc(C(=O)NCC4C[C@@H]4c4ccccc4)c(F)c3)c2)cn1. The lowest BCUT2D eigenvalue weighted by Crippen LogP contribution is -2.26. The Labute approximate surface area is 191 Å². The van der Waals surface area contributed by atoms with Crippen LogP contribution in [-0.4, -0.2) is 27.2 Å². The number of nitrogens with one attached hydrogen (secondary N) is 1. The van der Waals surface area contributed by atoms with Crippen molar-refractivity contribution < 1.29 is 9.18 Å². The Morgan fingerprint density at radius 3 is 2.67 bits per heavy atom. The third-order valence-electron chi connectivity index (χ3n) is 6.16. The molecule has 0 spiro atoms. The number of carbonyl (C=O) groups excluding carboxylic acids is 1. The van der Waals surface area contributed by atoms with Gasteiger partial charge in [0.1, 0.15) is 11.6 Å². The lowest BCUT2D eigenvalue weighted by molar-refractivity contribution is 0.0947. The van der Waals surface area contributed by atoms with E-state index in [1.54, 1.807) is 23.1 Å². The number of pyridine rings is 1. The van der Waals surface area contributed by atoms with Crippen molar-refractivity contribution in [1.29, 1.82) is 0 Å². The number of anilines is 1. The van der Waals surface area contributed by atoms with E-state index >= 15 is 0 Å². The summed E-state index contributed by atoms with van der Waals surface area (Å²) in [6.45, 7) is 0.531. The number of hydrogen-bond acceptors (Lipinski definition) is 4. The number of hydrogen-bond donors (Lipinski definition) is 2. The number of nitrogens with zero attached hydrogens (tertiary/aromatic N) is 3. The van der Waals surface area contributed by atoms with E-state index in [1.165, 1.54) is 17.7 Å². The molecular weight excluding hydrogens is 417 g/mol. The van der Waals surface area contributed by atoms with Crippen LogP contribution in [0.4, 0.5) is 10.2 Å². The standard InChI is InChI=1S/C26H24FN5O/c1-32-15-20(14-31-32)18-9-23(25(28)29-12-18)17-7-8-21(24(27)11-17)26(33)30-13-19-10-22(19)16-5-3-2-4-6-16/h2-9,11-12,14-15,19,22H,10,13H2,1H3,(H2,28,29)(H,30,33)/t19?,22-/m1/s1. The van der Waals surface area contributed by atoms with Crippen molar-refractivity contribution in [2.24, 2.45) is 13.0 Å². The first-order chi connectivity index (χ1) is 16.0. The molecule has 0 aliphatic heterocycles. The minimum Gasteiger partial charge on any atom is -0.383 e. The van der Waals surface area contributed by atoms with Gasteiger partial charge >= 0.3 is 0 Å². The summed E-state index contributed by atoms with van der Waals surface area (Å²) in [5.74, 6) is 0.139. The van der Waals surface area contributed by atoms with Gasteiger partial charge in [0.15, 0.2) is 0 Å². The van der Waals surface area contributed by atoms with Crippen molar-refractivity contribution in [3.8, 4) is 22.3 Å². The van der Waals surface area contributed by atoms with Gasteiger partial charge in [-0.1, -0.05) is 36.4 Å². The minimum absolute atomic E-state index is 0.0191. The van der Waals surface area contributed by atoms with Crippen LogP contribution in [0.15, 0.2) is 73.2 Å². The zero-order valence-corrected chi connectivity index (χ0v) is 18.2. The van der Waals surface area contributed by atoms with E-state index in [-0.39, 0.29) is 5.56 Å². The number of benzene rings is 2. The Kier molecular flexibility index (Phi) is 5.38. The Hall–Kier alpha value is -4.00. The predicted octanol–water partition coefficient (Wildman–Crippen LogP) is 4.40. The van der Waals surface area contributed by atoms with Crippen molar-refractivity contribution in [2.75, 3.05) is 12.3 Å². The summed E-state index contributed by atoms with van der Waals surface area (Å²) in [6, 6.07) is 16.6. The minimum atomic E-state index is -0.591. The highest BCUT2D eigenvalue weighted by Crippen LogP contribution is 2.46. The smallest absolute Gasteiger partial charge is 0.254 e. The number of aryl methyl sites for hydroxylation is 1. The van der Waals surface area contributed by atoms with Crippen molar-refractivity contribution in [3.63, 3.8) is 0 Å². The molecule has 2 aromatic carbocycles. The van der Waals surface area contributed by atoms with Gasteiger partial charge in [0.05, 0.1) is 11.8 Å². The molecule has 1 unspecified atom stereocenters. The lowest BCUT2D eigenvalue weighted by Gasteiger charge is -2.10. The second-order valence-corrected chi connectivity index (χ2v) is 8.48. The Morgan fingerprint density at radius 1 is 1.12 bits per heavy atom. The fourth-order valence-corrected chi connectivity index (χ4v) is 4.20. The quantitative estimate of drug-likeness (QED) is 0.464. The van der Waals surface area contributed by atoms with E-state index in [0.717, 1.165) is 17.5 Å². The molecule has 33 heavy (non-hydrogen) atoms. The van der Waals surface area contributed by atoms with E-state index in [1.807, 2.05) is 37.5 Å². The Morgan fingerprint density at radius 2 is 1.94 bits per heavy atom. The first-order valence-corrected chi connectivity index (χ1v) is 10.9. The number of nitrogen functional groups attached to an aromatic ring is 1. The molecule has 2 aromatic heterocycles. The topological polar surface area (TPSA) is 85.8 Å². The molecule has 0 radical (unpaired) electrons. The number of nitrogens with two attached hydrogens (primary N) is 1. The van der Waals surface area contributed by atoms with E-state index in [0.29, 0.717) is 35.3 Å². The van der Waals surface area contributed by atoms with Crippen LogP contribution in [0.1, 0.15) is 28.3 Å². The van der Waals surface area contributed by atoms with Gasteiger partial charge in [0, 0.05) is 42.7 Å². The fraction of sp³-hybridized carbons (Fsp3) is 0.192. The second-order valence-electron chi connectivity index (χ2n) is 8.48.